The van der Waals surface area contributed by atoms with Crippen molar-refractivity contribution in [3.8, 4) is 55.6 Å². The van der Waals surface area contributed by atoms with E-state index >= 15 is 0 Å². The third-order valence-electron chi connectivity index (χ3n) is 13.3. The molecular formula is C58H45N. The third kappa shape index (κ3) is 5.45. The molecule has 0 amide bonds. The van der Waals surface area contributed by atoms with Crippen molar-refractivity contribution >= 4 is 27.8 Å². The van der Waals surface area contributed by atoms with Gasteiger partial charge in [-0.3, -0.25) is 0 Å². The second kappa shape index (κ2) is 13.3. The van der Waals surface area contributed by atoms with Crippen LogP contribution in [0.1, 0.15) is 49.9 Å². The van der Waals surface area contributed by atoms with Gasteiger partial charge < -0.3 is 4.90 Å². The van der Waals surface area contributed by atoms with Crippen molar-refractivity contribution in [1.29, 1.82) is 0 Å². The molecule has 0 heterocycles. The Morgan fingerprint density at radius 2 is 0.797 bits per heavy atom. The molecule has 0 radical (unpaired) electrons. The van der Waals surface area contributed by atoms with Gasteiger partial charge in [-0.25, -0.2) is 0 Å². The Labute approximate surface area is 347 Å². The van der Waals surface area contributed by atoms with Gasteiger partial charge in [0.25, 0.3) is 0 Å². The number of hydrogen-bond acceptors (Lipinski definition) is 1. The molecular weight excluding hydrogens is 711 g/mol. The van der Waals surface area contributed by atoms with E-state index in [9.17, 15) is 0 Å². The minimum absolute atomic E-state index is 0.0974. The van der Waals surface area contributed by atoms with Crippen LogP contribution in [0.4, 0.5) is 17.1 Å². The Kier molecular flexibility index (Phi) is 7.94. The summed E-state index contributed by atoms with van der Waals surface area (Å²) in [7, 11) is 0. The zero-order valence-corrected chi connectivity index (χ0v) is 34.0. The summed E-state index contributed by atoms with van der Waals surface area (Å²) in [5.74, 6) is 0. The van der Waals surface area contributed by atoms with E-state index in [-0.39, 0.29) is 10.8 Å². The minimum atomic E-state index is -0.158. The van der Waals surface area contributed by atoms with Crippen molar-refractivity contribution in [3.63, 3.8) is 0 Å². The van der Waals surface area contributed by atoms with E-state index in [2.05, 4.69) is 233 Å². The van der Waals surface area contributed by atoms with Crippen LogP contribution in [0, 0.1) is 0 Å². The highest BCUT2D eigenvalue weighted by molar-refractivity contribution is 5.98. The SMILES string of the molecule is CC1(C)c2ccccc2-c2ccc(-c3ccccc3N(c3ccc(-c4ccc5ccccc5c4)cc3)c3ccccc3-c3cccc4c3C(C)(C)c3ccccc3-4)cc21. The molecule has 0 saturated heterocycles. The number of fused-ring (bicyclic) bond motifs is 7. The predicted molar refractivity (Wildman–Crippen MR) is 250 cm³/mol. The van der Waals surface area contributed by atoms with Gasteiger partial charge in [0.2, 0.25) is 0 Å². The van der Waals surface area contributed by atoms with Crippen LogP contribution in [0.15, 0.2) is 200 Å². The number of rotatable bonds is 6. The lowest BCUT2D eigenvalue weighted by atomic mass is 9.78. The monoisotopic (exact) mass is 755 g/mol. The van der Waals surface area contributed by atoms with Crippen molar-refractivity contribution < 1.29 is 0 Å². The molecule has 1 heteroatoms. The second-order valence-corrected chi connectivity index (χ2v) is 17.3. The van der Waals surface area contributed by atoms with E-state index in [1.165, 1.54) is 88.7 Å². The first-order valence-corrected chi connectivity index (χ1v) is 20.8. The Morgan fingerprint density at radius 3 is 1.53 bits per heavy atom. The third-order valence-corrected chi connectivity index (χ3v) is 13.3. The maximum Gasteiger partial charge on any atom is 0.0540 e. The summed E-state index contributed by atoms with van der Waals surface area (Å²) >= 11 is 0. The fourth-order valence-corrected chi connectivity index (χ4v) is 10.3. The normalized spacial score (nSPS) is 14.0. The van der Waals surface area contributed by atoms with Gasteiger partial charge in [0, 0.05) is 27.6 Å². The average molecular weight is 756 g/mol. The number of nitrogens with zero attached hydrogens (tertiary/aromatic N) is 1. The van der Waals surface area contributed by atoms with E-state index in [1.807, 2.05) is 0 Å². The fourth-order valence-electron chi connectivity index (χ4n) is 10.3. The Morgan fingerprint density at radius 1 is 0.305 bits per heavy atom. The van der Waals surface area contributed by atoms with Crippen molar-refractivity contribution in [2.24, 2.45) is 0 Å². The minimum Gasteiger partial charge on any atom is -0.309 e. The molecule has 0 unspecified atom stereocenters. The highest BCUT2D eigenvalue weighted by Gasteiger charge is 2.38. The first-order valence-electron chi connectivity index (χ1n) is 20.8. The smallest absolute Gasteiger partial charge is 0.0540 e. The van der Waals surface area contributed by atoms with Crippen LogP contribution in [0.2, 0.25) is 0 Å². The van der Waals surface area contributed by atoms with Crippen molar-refractivity contribution in [3.05, 3.63) is 222 Å². The molecule has 59 heavy (non-hydrogen) atoms. The molecule has 1 nitrogen and oxygen atoms in total. The highest BCUT2D eigenvalue weighted by atomic mass is 15.1. The van der Waals surface area contributed by atoms with Gasteiger partial charge >= 0.3 is 0 Å². The molecule has 9 aromatic carbocycles. The van der Waals surface area contributed by atoms with Gasteiger partial charge in [-0.15, -0.1) is 0 Å². The van der Waals surface area contributed by atoms with Gasteiger partial charge in [-0.2, -0.15) is 0 Å². The molecule has 9 aromatic rings. The molecule has 0 fully saturated rings. The second-order valence-electron chi connectivity index (χ2n) is 17.3. The van der Waals surface area contributed by atoms with Crippen LogP contribution in [-0.4, -0.2) is 0 Å². The summed E-state index contributed by atoms with van der Waals surface area (Å²) in [6.07, 6.45) is 0. The summed E-state index contributed by atoms with van der Waals surface area (Å²) < 4.78 is 0. The summed E-state index contributed by atoms with van der Waals surface area (Å²) in [6, 6.07) is 74.4. The quantitative estimate of drug-likeness (QED) is 0.163. The lowest BCUT2D eigenvalue weighted by Crippen LogP contribution is -2.17. The van der Waals surface area contributed by atoms with E-state index in [0.29, 0.717) is 0 Å². The zero-order valence-electron chi connectivity index (χ0n) is 34.0. The van der Waals surface area contributed by atoms with Crippen LogP contribution in [0.3, 0.4) is 0 Å². The Hall–Kier alpha value is -6.96. The van der Waals surface area contributed by atoms with E-state index < -0.39 is 0 Å². The molecule has 282 valence electrons. The topological polar surface area (TPSA) is 3.24 Å². The maximum absolute atomic E-state index is 2.50. The highest BCUT2D eigenvalue weighted by Crippen LogP contribution is 2.55. The lowest BCUT2D eigenvalue weighted by molar-refractivity contribution is 0.660. The standard InChI is InChI=1S/C58H45N/c1-57(2)51-24-11-7-19-45(51)47-35-32-42(37-53(47)57)44-18-9-13-26-54(44)59(43-33-30-39(31-34-43)41-29-28-38-16-5-6-17-40(38)36-41)55-27-14-10-21-48(55)50-23-15-22-49-46-20-8-12-25-52(46)58(3,4)56(49)50/h5-37H,1-4H3. The van der Waals surface area contributed by atoms with Gasteiger partial charge in [-0.05, 0) is 114 Å². The molecule has 0 aromatic heterocycles. The van der Waals surface area contributed by atoms with Crippen LogP contribution >= 0.6 is 0 Å². The summed E-state index contributed by atoms with van der Waals surface area (Å²) in [6.45, 7) is 9.50. The molecule has 0 atom stereocenters. The van der Waals surface area contributed by atoms with Crippen LogP contribution in [0.25, 0.3) is 66.4 Å². The fraction of sp³-hybridized carbons (Fsp3) is 0.103. The largest absolute Gasteiger partial charge is 0.309 e. The lowest BCUT2D eigenvalue weighted by Gasteiger charge is -2.31. The average Bonchev–Trinajstić information content (AvgIpc) is 3.66. The van der Waals surface area contributed by atoms with E-state index in [4.69, 9.17) is 0 Å². The van der Waals surface area contributed by atoms with Crippen molar-refractivity contribution in [2.45, 2.75) is 38.5 Å². The summed E-state index contributed by atoms with van der Waals surface area (Å²) in [4.78, 5) is 2.50. The van der Waals surface area contributed by atoms with Gasteiger partial charge in [0.1, 0.15) is 0 Å². The molecule has 2 aliphatic carbocycles. The van der Waals surface area contributed by atoms with Crippen molar-refractivity contribution in [1.82, 2.24) is 0 Å². The predicted octanol–water partition coefficient (Wildman–Crippen LogP) is 15.9. The first-order chi connectivity index (χ1) is 28.8. The Balaban J connectivity index is 1.11. The van der Waals surface area contributed by atoms with E-state index in [1.54, 1.807) is 0 Å². The molecule has 2 aliphatic rings. The molecule has 0 N–H and O–H groups in total. The molecule has 0 aliphatic heterocycles. The molecule has 0 bridgehead atoms. The first kappa shape index (κ1) is 35.2. The maximum atomic E-state index is 2.50. The number of para-hydroxylation sites is 2. The number of benzene rings is 9. The molecule has 0 saturated carbocycles. The van der Waals surface area contributed by atoms with Crippen LogP contribution in [0.5, 0.6) is 0 Å². The van der Waals surface area contributed by atoms with Crippen LogP contribution < -0.4 is 4.90 Å². The molecule has 0 spiro atoms. The summed E-state index contributed by atoms with van der Waals surface area (Å²) in [5, 5.41) is 2.50. The zero-order chi connectivity index (χ0) is 39.9. The van der Waals surface area contributed by atoms with Gasteiger partial charge in [0.05, 0.1) is 11.4 Å². The summed E-state index contributed by atoms with van der Waals surface area (Å²) in [5.41, 5.74) is 21.3. The van der Waals surface area contributed by atoms with E-state index in [0.717, 1.165) is 17.1 Å². The van der Waals surface area contributed by atoms with Gasteiger partial charge in [-0.1, -0.05) is 191 Å². The Bertz CT molecular complexity index is 3110. The number of anilines is 3. The van der Waals surface area contributed by atoms with Crippen molar-refractivity contribution in [2.75, 3.05) is 4.90 Å². The number of hydrogen-bond donors (Lipinski definition) is 0. The van der Waals surface area contributed by atoms with Gasteiger partial charge in [0.15, 0.2) is 0 Å². The molecule has 11 rings (SSSR count). The van der Waals surface area contributed by atoms with Crippen LogP contribution in [-0.2, 0) is 10.8 Å².